The van der Waals surface area contributed by atoms with Gasteiger partial charge in [-0.05, 0) is 36.4 Å². The molecule has 1 aromatic carbocycles. The Balaban J connectivity index is 1.79. The molecule has 0 aliphatic carbocycles. The van der Waals surface area contributed by atoms with Crippen LogP contribution in [0.2, 0.25) is 0 Å². The van der Waals surface area contributed by atoms with Crippen molar-refractivity contribution >= 4 is 17.2 Å². The number of aromatic nitrogens is 2. The smallest absolute Gasteiger partial charge is 0.321 e. The number of nitrogens with zero attached hydrogens (tertiary/aromatic N) is 2. The number of carbonyl (C=O) groups excluding carboxylic acids is 1. The number of hydrogen-bond donors (Lipinski definition) is 1. The molecule has 0 bridgehead atoms. The highest BCUT2D eigenvalue weighted by Crippen LogP contribution is 2.29. The number of benzene rings is 1. The summed E-state index contributed by atoms with van der Waals surface area (Å²) in [5, 5.41) is 2.52. The van der Waals surface area contributed by atoms with Crippen LogP contribution < -0.4 is 5.32 Å². The topological polar surface area (TPSA) is 46.4 Å². The molecule has 112 valence electrons. The van der Waals surface area contributed by atoms with E-state index in [1.54, 1.807) is 35.0 Å². The lowest BCUT2D eigenvalue weighted by atomic mass is 10.2. The fourth-order valence-corrected chi connectivity index (χ4v) is 1.98. The van der Waals surface area contributed by atoms with Crippen molar-refractivity contribution in [1.82, 2.24) is 9.38 Å². The zero-order valence-electron chi connectivity index (χ0n) is 11.1. The first kappa shape index (κ1) is 14.1. The first-order valence-corrected chi connectivity index (χ1v) is 6.36. The lowest BCUT2D eigenvalue weighted by molar-refractivity contribution is -0.137. The van der Waals surface area contributed by atoms with Crippen molar-refractivity contribution in [1.29, 1.82) is 0 Å². The van der Waals surface area contributed by atoms with Crippen molar-refractivity contribution in [3.63, 3.8) is 0 Å². The largest absolute Gasteiger partial charge is 0.416 e. The van der Waals surface area contributed by atoms with Crippen molar-refractivity contribution in [2.24, 2.45) is 0 Å². The average Bonchev–Trinajstić information content (AvgIpc) is 2.91. The van der Waals surface area contributed by atoms with Crippen LogP contribution in [-0.4, -0.2) is 15.3 Å². The van der Waals surface area contributed by atoms with E-state index in [2.05, 4.69) is 10.3 Å². The van der Waals surface area contributed by atoms with E-state index < -0.39 is 17.6 Å². The first-order valence-electron chi connectivity index (χ1n) is 6.36. The van der Waals surface area contributed by atoms with E-state index >= 15 is 0 Å². The highest BCUT2D eigenvalue weighted by atomic mass is 19.4. The molecule has 0 saturated heterocycles. The van der Waals surface area contributed by atoms with Crippen LogP contribution in [0, 0.1) is 0 Å². The van der Waals surface area contributed by atoms with Gasteiger partial charge in [-0.1, -0.05) is 6.07 Å². The second kappa shape index (κ2) is 5.18. The number of imidazole rings is 1. The molecule has 0 spiro atoms. The average molecular weight is 305 g/mol. The highest BCUT2D eigenvalue weighted by molar-refractivity contribution is 6.03. The van der Waals surface area contributed by atoms with Crippen LogP contribution in [0.3, 0.4) is 0 Å². The van der Waals surface area contributed by atoms with Gasteiger partial charge in [-0.2, -0.15) is 13.2 Å². The lowest BCUT2D eigenvalue weighted by Crippen LogP contribution is -2.12. The van der Waals surface area contributed by atoms with Gasteiger partial charge in [0.1, 0.15) is 11.3 Å². The number of anilines is 1. The van der Waals surface area contributed by atoms with Gasteiger partial charge >= 0.3 is 6.18 Å². The number of hydrogen-bond acceptors (Lipinski definition) is 2. The maximum Gasteiger partial charge on any atom is 0.416 e. The van der Waals surface area contributed by atoms with Crippen molar-refractivity contribution in [2.75, 3.05) is 5.32 Å². The van der Waals surface area contributed by atoms with Crippen LogP contribution in [0.25, 0.3) is 5.65 Å². The van der Waals surface area contributed by atoms with Gasteiger partial charge < -0.3 is 9.72 Å². The van der Waals surface area contributed by atoms with Crippen LogP contribution in [-0.2, 0) is 6.18 Å². The Hall–Kier alpha value is -2.83. The molecule has 0 radical (unpaired) electrons. The van der Waals surface area contributed by atoms with Gasteiger partial charge in [0.2, 0.25) is 0 Å². The third kappa shape index (κ3) is 2.78. The Morgan fingerprint density at radius 3 is 2.45 bits per heavy atom. The molecule has 0 unspecified atom stereocenters. The molecule has 0 aliphatic heterocycles. The fourth-order valence-electron chi connectivity index (χ4n) is 1.98. The normalized spacial score (nSPS) is 11.6. The molecule has 3 aromatic rings. The van der Waals surface area contributed by atoms with Crippen LogP contribution >= 0.6 is 0 Å². The molecule has 22 heavy (non-hydrogen) atoms. The van der Waals surface area contributed by atoms with Crippen molar-refractivity contribution in [3.8, 4) is 0 Å². The van der Waals surface area contributed by atoms with Gasteiger partial charge in [0.25, 0.3) is 5.91 Å². The Bertz CT molecular complexity index is 789. The molecule has 1 amide bonds. The van der Waals surface area contributed by atoms with Crippen LogP contribution in [0.5, 0.6) is 0 Å². The van der Waals surface area contributed by atoms with Gasteiger partial charge in [0.05, 0.1) is 5.56 Å². The van der Waals surface area contributed by atoms with E-state index in [-0.39, 0.29) is 11.4 Å². The summed E-state index contributed by atoms with van der Waals surface area (Å²) >= 11 is 0. The number of alkyl halides is 3. The van der Waals surface area contributed by atoms with Crippen LogP contribution in [0.15, 0.2) is 54.9 Å². The Labute approximate surface area is 123 Å². The summed E-state index contributed by atoms with van der Waals surface area (Å²) in [5.41, 5.74) is 0.305. The molecule has 2 heterocycles. The van der Waals surface area contributed by atoms with Gasteiger partial charge in [-0.15, -0.1) is 0 Å². The second-order valence-electron chi connectivity index (χ2n) is 4.62. The Kier molecular flexibility index (Phi) is 3.32. The molecule has 0 saturated carbocycles. The van der Waals surface area contributed by atoms with Crippen molar-refractivity contribution in [2.45, 2.75) is 6.18 Å². The molecule has 2 aromatic heterocycles. The van der Waals surface area contributed by atoms with Gasteiger partial charge in [-0.25, -0.2) is 4.98 Å². The van der Waals surface area contributed by atoms with E-state index in [0.29, 0.717) is 5.65 Å². The molecule has 0 aliphatic rings. The number of fused-ring (bicyclic) bond motifs is 1. The molecule has 4 nitrogen and oxygen atoms in total. The highest BCUT2D eigenvalue weighted by Gasteiger charge is 2.30. The predicted molar refractivity (Wildman–Crippen MR) is 74.6 cm³/mol. The Morgan fingerprint density at radius 2 is 1.82 bits per heavy atom. The molecular formula is C15H10F3N3O. The molecule has 7 heteroatoms. The lowest BCUT2D eigenvalue weighted by Gasteiger charge is -2.08. The summed E-state index contributed by atoms with van der Waals surface area (Å²) < 4.78 is 39.1. The number of amides is 1. The van der Waals surface area contributed by atoms with Gasteiger partial charge in [0.15, 0.2) is 0 Å². The summed E-state index contributed by atoms with van der Waals surface area (Å²) in [6.07, 6.45) is -1.10. The zero-order chi connectivity index (χ0) is 15.7. The van der Waals surface area contributed by atoms with Crippen LogP contribution in [0.1, 0.15) is 16.1 Å². The molecular weight excluding hydrogens is 295 g/mol. The van der Waals surface area contributed by atoms with E-state index in [0.717, 1.165) is 12.1 Å². The van der Waals surface area contributed by atoms with Crippen molar-refractivity contribution < 1.29 is 18.0 Å². The summed E-state index contributed by atoms with van der Waals surface area (Å²) in [6, 6.07) is 9.58. The minimum atomic E-state index is -4.40. The Morgan fingerprint density at radius 1 is 1.09 bits per heavy atom. The summed E-state index contributed by atoms with van der Waals surface area (Å²) in [6.45, 7) is 0. The summed E-state index contributed by atoms with van der Waals surface area (Å²) in [7, 11) is 0. The number of rotatable bonds is 2. The summed E-state index contributed by atoms with van der Waals surface area (Å²) in [5.74, 6) is -0.483. The first-order chi connectivity index (χ1) is 10.4. The monoisotopic (exact) mass is 305 g/mol. The van der Waals surface area contributed by atoms with E-state index in [9.17, 15) is 18.0 Å². The molecule has 0 atom stereocenters. The number of pyridine rings is 1. The predicted octanol–water partition coefficient (Wildman–Crippen LogP) is 3.61. The minimum Gasteiger partial charge on any atom is -0.321 e. The van der Waals surface area contributed by atoms with Gasteiger partial charge in [0, 0.05) is 18.1 Å². The van der Waals surface area contributed by atoms with E-state index in [1.807, 2.05) is 0 Å². The third-order valence-electron chi connectivity index (χ3n) is 3.07. The standard InChI is InChI=1S/C15H10F3N3O/c16-15(17,18)10-4-6-11(7-5-10)19-14(22)12-9-21-8-2-1-3-13(21)20-12/h1-9H,(H,19,22). The van der Waals surface area contributed by atoms with E-state index in [4.69, 9.17) is 0 Å². The third-order valence-corrected chi connectivity index (χ3v) is 3.07. The number of halogens is 3. The van der Waals surface area contributed by atoms with Gasteiger partial charge in [-0.3, -0.25) is 4.79 Å². The van der Waals surface area contributed by atoms with E-state index in [1.165, 1.54) is 12.1 Å². The van der Waals surface area contributed by atoms with Crippen molar-refractivity contribution in [3.05, 3.63) is 66.1 Å². The maximum absolute atomic E-state index is 12.5. The fraction of sp³-hybridized carbons (Fsp3) is 0.0667. The molecule has 3 rings (SSSR count). The molecule has 0 fully saturated rings. The second-order valence-corrected chi connectivity index (χ2v) is 4.62. The minimum absolute atomic E-state index is 0.186. The number of nitrogens with one attached hydrogen (secondary N) is 1. The summed E-state index contributed by atoms with van der Waals surface area (Å²) in [4.78, 5) is 16.2. The van der Waals surface area contributed by atoms with Crippen LogP contribution in [0.4, 0.5) is 18.9 Å². The molecule has 1 N–H and O–H groups in total. The maximum atomic E-state index is 12.5. The quantitative estimate of drug-likeness (QED) is 0.786. The SMILES string of the molecule is O=C(Nc1ccc(C(F)(F)F)cc1)c1cn2ccccc2n1. The zero-order valence-corrected chi connectivity index (χ0v) is 11.1. The number of carbonyl (C=O) groups is 1.